The first-order valence-corrected chi connectivity index (χ1v) is 6.31. The summed E-state index contributed by atoms with van der Waals surface area (Å²) in [4.78, 5) is 11.9. The molecule has 1 aliphatic heterocycles. The van der Waals surface area contributed by atoms with Crippen molar-refractivity contribution < 1.29 is 4.79 Å². The lowest BCUT2D eigenvalue weighted by atomic mass is 10.1. The lowest BCUT2D eigenvalue weighted by Crippen LogP contribution is -2.32. The summed E-state index contributed by atoms with van der Waals surface area (Å²) in [5.41, 5.74) is 1.17. The molecule has 0 aliphatic carbocycles. The number of hydrogen-bond donors (Lipinski definition) is 0. The van der Waals surface area contributed by atoms with Crippen molar-refractivity contribution in [3.8, 4) is 0 Å². The normalized spacial score (nSPS) is 21.8. The van der Waals surface area contributed by atoms with Gasteiger partial charge < -0.3 is 0 Å². The van der Waals surface area contributed by atoms with Crippen molar-refractivity contribution in [3.05, 3.63) is 35.9 Å². The van der Waals surface area contributed by atoms with Crippen LogP contribution < -0.4 is 0 Å². The maximum Gasteiger partial charge on any atom is 0.253 e. The average molecular weight is 257 g/mol. The number of benzene rings is 1. The van der Waals surface area contributed by atoms with Crippen molar-refractivity contribution >= 4 is 29.6 Å². The Labute approximate surface area is 105 Å². The molecule has 0 saturated carbocycles. The van der Waals surface area contributed by atoms with Gasteiger partial charge in [0.1, 0.15) is 12.0 Å². The summed E-state index contributed by atoms with van der Waals surface area (Å²) >= 11 is 7.08. The van der Waals surface area contributed by atoms with Crippen LogP contribution in [0.5, 0.6) is 0 Å². The van der Waals surface area contributed by atoms with E-state index in [2.05, 4.69) is 0 Å². The standard InChI is InChI=1S/C11H13ClN2OS/c1-13-10(11(15)14(8-12)16-13)7-9-5-3-2-4-6-9/h2-6,10H,7-8H2,1H3. The molecule has 1 aromatic carbocycles. The highest BCUT2D eigenvalue weighted by Crippen LogP contribution is 2.29. The third kappa shape index (κ3) is 2.34. The van der Waals surface area contributed by atoms with Crippen molar-refractivity contribution in [2.45, 2.75) is 12.5 Å². The topological polar surface area (TPSA) is 23.6 Å². The van der Waals surface area contributed by atoms with Gasteiger partial charge in [0.25, 0.3) is 5.91 Å². The number of alkyl halides is 1. The van der Waals surface area contributed by atoms with Crippen LogP contribution in [0, 0.1) is 0 Å². The van der Waals surface area contributed by atoms with Crippen LogP contribution in [-0.4, -0.2) is 33.6 Å². The highest BCUT2D eigenvalue weighted by atomic mass is 35.5. The fourth-order valence-electron chi connectivity index (χ4n) is 1.71. The fraction of sp³-hybridized carbons (Fsp3) is 0.364. The Morgan fingerprint density at radius 2 is 2.06 bits per heavy atom. The minimum atomic E-state index is -0.105. The SMILES string of the molecule is CN1SN(CCl)C(=O)C1Cc1ccccc1. The Balaban J connectivity index is 2.08. The molecule has 1 unspecified atom stereocenters. The predicted octanol–water partition coefficient (Wildman–Crippen LogP) is 2.13. The summed E-state index contributed by atoms with van der Waals surface area (Å²) in [6.45, 7) is 0. The molecule has 0 radical (unpaired) electrons. The molecule has 1 heterocycles. The highest BCUT2D eigenvalue weighted by molar-refractivity contribution is 7.95. The second-order valence-electron chi connectivity index (χ2n) is 3.67. The van der Waals surface area contributed by atoms with E-state index in [1.54, 1.807) is 4.31 Å². The fourth-order valence-corrected chi connectivity index (χ4v) is 2.79. The van der Waals surface area contributed by atoms with Gasteiger partial charge in [0, 0.05) is 19.2 Å². The Morgan fingerprint density at radius 1 is 1.38 bits per heavy atom. The van der Waals surface area contributed by atoms with E-state index in [9.17, 15) is 4.79 Å². The predicted molar refractivity (Wildman–Crippen MR) is 66.9 cm³/mol. The number of hydrogen-bond acceptors (Lipinski definition) is 3. The molecule has 1 fully saturated rings. The maximum atomic E-state index is 11.9. The van der Waals surface area contributed by atoms with Gasteiger partial charge in [-0.1, -0.05) is 30.3 Å². The smallest absolute Gasteiger partial charge is 0.253 e. The molecule has 1 aromatic rings. The lowest BCUT2D eigenvalue weighted by Gasteiger charge is -2.13. The third-order valence-corrected chi connectivity index (χ3v) is 3.98. The zero-order chi connectivity index (χ0) is 11.5. The number of amides is 1. The molecular formula is C11H13ClN2OS. The van der Waals surface area contributed by atoms with Crippen LogP contribution in [0.25, 0.3) is 0 Å². The van der Waals surface area contributed by atoms with Crippen molar-refractivity contribution in [2.75, 3.05) is 13.1 Å². The quantitative estimate of drug-likeness (QED) is 0.470. The van der Waals surface area contributed by atoms with Gasteiger partial charge in [0.15, 0.2) is 0 Å². The molecule has 0 bridgehead atoms. The summed E-state index contributed by atoms with van der Waals surface area (Å²) in [6, 6.07) is 10.2. The zero-order valence-electron chi connectivity index (χ0n) is 8.97. The van der Waals surface area contributed by atoms with Crippen LogP contribution in [0.3, 0.4) is 0 Å². The highest BCUT2D eigenvalue weighted by Gasteiger charge is 2.36. The van der Waals surface area contributed by atoms with Crippen LogP contribution in [0.2, 0.25) is 0 Å². The first-order valence-electron chi connectivity index (χ1n) is 5.04. The van der Waals surface area contributed by atoms with Crippen LogP contribution in [-0.2, 0) is 11.2 Å². The minimum Gasteiger partial charge on any atom is -0.272 e. The largest absolute Gasteiger partial charge is 0.272 e. The van der Waals surface area contributed by atoms with E-state index in [0.29, 0.717) is 0 Å². The van der Waals surface area contributed by atoms with Crippen LogP contribution >= 0.6 is 23.7 Å². The molecule has 16 heavy (non-hydrogen) atoms. The second-order valence-corrected chi connectivity index (χ2v) is 5.09. The Kier molecular flexibility index (Phi) is 3.74. The molecular weight excluding hydrogens is 244 g/mol. The van der Waals surface area contributed by atoms with Crippen LogP contribution in [0.4, 0.5) is 0 Å². The Hall–Kier alpha value is -0.710. The molecule has 1 atom stereocenters. The van der Waals surface area contributed by atoms with Gasteiger partial charge in [-0.15, -0.1) is 11.6 Å². The van der Waals surface area contributed by atoms with E-state index < -0.39 is 0 Å². The van der Waals surface area contributed by atoms with E-state index in [0.717, 1.165) is 6.42 Å². The number of nitrogens with zero attached hydrogens (tertiary/aromatic N) is 2. The summed E-state index contributed by atoms with van der Waals surface area (Å²) < 4.78 is 3.53. The van der Waals surface area contributed by atoms with Gasteiger partial charge in [-0.05, 0) is 12.0 Å². The molecule has 86 valence electrons. The number of carbonyl (C=O) groups is 1. The number of halogens is 1. The first kappa shape index (κ1) is 11.8. The molecule has 0 N–H and O–H groups in total. The molecule has 1 amide bonds. The zero-order valence-corrected chi connectivity index (χ0v) is 10.5. The maximum absolute atomic E-state index is 11.9. The summed E-state index contributed by atoms with van der Waals surface area (Å²) in [5, 5.41) is 0. The molecule has 0 spiro atoms. The van der Waals surface area contributed by atoms with E-state index >= 15 is 0 Å². The summed E-state index contributed by atoms with van der Waals surface area (Å²) in [7, 11) is 1.92. The summed E-state index contributed by atoms with van der Waals surface area (Å²) in [6.07, 6.45) is 0.733. The first-order chi connectivity index (χ1) is 7.72. The number of rotatable bonds is 3. The van der Waals surface area contributed by atoms with Crippen molar-refractivity contribution in [2.24, 2.45) is 0 Å². The van der Waals surface area contributed by atoms with E-state index in [1.807, 2.05) is 41.7 Å². The number of likely N-dealkylation sites (N-methyl/N-ethyl adjacent to an activating group) is 1. The van der Waals surface area contributed by atoms with Crippen molar-refractivity contribution in [1.29, 1.82) is 0 Å². The molecule has 1 saturated heterocycles. The monoisotopic (exact) mass is 256 g/mol. The van der Waals surface area contributed by atoms with Crippen LogP contribution in [0.15, 0.2) is 30.3 Å². The van der Waals surface area contributed by atoms with E-state index in [1.165, 1.54) is 17.7 Å². The summed E-state index contributed by atoms with van der Waals surface area (Å²) in [5.74, 6) is 0.0892. The average Bonchev–Trinajstić information content (AvgIpc) is 2.58. The Bertz CT molecular complexity index is 374. The lowest BCUT2D eigenvalue weighted by molar-refractivity contribution is -0.127. The van der Waals surface area contributed by atoms with Gasteiger partial charge in [-0.2, -0.15) is 0 Å². The van der Waals surface area contributed by atoms with Gasteiger partial charge >= 0.3 is 0 Å². The van der Waals surface area contributed by atoms with Crippen molar-refractivity contribution in [3.63, 3.8) is 0 Å². The van der Waals surface area contributed by atoms with Gasteiger partial charge in [-0.25, -0.2) is 4.31 Å². The number of carbonyl (C=O) groups excluding carboxylic acids is 1. The molecule has 5 heteroatoms. The molecule has 1 aliphatic rings. The molecule has 3 nitrogen and oxygen atoms in total. The van der Waals surface area contributed by atoms with E-state index in [-0.39, 0.29) is 18.0 Å². The van der Waals surface area contributed by atoms with Gasteiger partial charge in [0.05, 0.1) is 0 Å². The molecule has 0 aromatic heterocycles. The second kappa shape index (κ2) is 5.08. The van der Waals surface area contributed by atoms with Crippen LogP contribution in [0.1, 0.15) is 5.56 Å². The van der Waals surface area contributed by atoms with E-state index in [4.69, 9.17) is 11.6 Å². The minimum absolute atomic E-state index is 0.0892. The third-order valence-electron chi connectivity index (χ3n) is 2.58. The molecule has 2 rings (SSSR count). The Morgan fingerprint density at radius 3 is 2.62 bits per heavy atom. The van der Waals surface area contributed by atoms with Crippen molar-refractivity contribution in [1.82, 2.24) is 8.61 Å². The van der Waals surface area contributed by atoms with Gasteiger partial charge in [0.2, 0.25) is 0 Å². The van der Waals surface area contributed by atoms with Gasteiger partial charge in [-0.3, -0.25) is 9.10 Å².